The quantitative estimate of drug-likeness (QED) is 0.351. The number of aryl methyl sites for hydroxylation is 1. The third-order valence-corrected chi connectivity index (χ3v) is 2.38. The van der Waals surface area contributed by atoms with Crippen LogP contribution in [0.4, 0.5) is 10.1 Å². The molecule has 3 nitrogen and oxygen atoms in total. The van der Waals surface area contributed by atoms with Gasteiger partial charge in [-0.05, 0) is 48.9 Å². The molecule has 1 aromatic rings. The zero-order chi connectivity index (χ0) is 13.5. The zero-order valence-electron chi connectivity index (χ0n) is 10.3. The molecule has 0 heterocycles. The van der Waals surface area contributed by atoms with E-state index in [1.807, 2.05) is 13.0 Å². The summed E-state index contributed by atoms with van der Waals surface area (Å²) >= 11 is 0. The summed E-state index contributed by atoms with van der Waals surface area (Å²) in [5, 5.41) is 0. The minimum Gasteiger partial charge on any atom is -0.482 e. The molecular weight excluding hydrogens is 231 g/mol. The first-order valence-corrected chi connectivity index (χ1v) is 5.47. The third-order valence-electron chi connectivity index (χ3n) is 2.38. The van der Waals surface area contributed by atoms with Crippen LogP contribution in [-0.4, -0.2) is 6.10 Å². The number of nitrogens with two attached hydrogens (primary N) is 1. The highest BCUT2D eigenvalue weighted by Gasteiger charge is 2.05. The lowest BCUT2D eigenvalue weighted by atomic mass is 10.2. The van der Waals surface area contributed by atoms with Crippen LogP contribution in [0.3, 0.4) is 0 Å². The van der Waals surface area contributed by atoms with E-state index in [1.165, 1.54) is 12.2 Å². The largest absolute Gasteiger partial charge is 0.482 e. The summed E-state index contributed by atoms with van der Waals surface area (Å²) < 4.78 is 18.6. The lowest BCUT2D eigenvalue weighted by Crippen LogP contribution is -2.11. The molecule has 0 aromatic heterocycles. The molecule has 0 bridgehead atoms. The first-order chi connectivity index (χ1) is 8.60. The van der Waals surface area contributed by atoms with Gasteiger partial charge in [0.15, 0.2) is 0 Å². The highest BCUT2D eigenvalue weighted by atomic mass is 19.1. The van der Waals surface area contributed by atoms with Crippen molar-refractivity contribution in [3.63, 3.8) is 0 Å². The number of benzene rings is 1. The second kappa shape index (κ2) is 6.61. The molecule has 1 atom stereocenters. The predicted molar refractivity (Wildman–Crippen MR) is 73.0 cm³/mol. The van der Waals surface area contributed by atoms with Gasteiger partial charge in [-0.25, -0.2) is 4.39 Å². The van der Waals surface area contributed by atoms with Gasteiger partial charge in [0, 0.05) is 0 Å². The zero-order valence-corrected chi connectivity index (χ0v) is 10.3. The monoisotopic (exact) mass is 248 g/mol. The number of hydrogen-bond acceptors (Lipinski definition) is 3. The minimum atomic E-state index is -0.543. The topological polar surface area (TPSA) is 47.3 Å². The van der Waals surface area contributed by atoms with Crippen LogP contribution in [0.25, 0.3) is 0 Å². The Kier molecular flexibility index (Phi) is 5.14. The van der Waals surface area contributed by atoms with Crippen molar-refractivity contribution in [2.45, 2.75) is 13.0 Å². The molecule has 0 saturated heterocycles. The number of rotatable bonds is 6. The van der Waals surface area contributed by atoms with Crippen LogP contribution < -0.4 is 16.0 Å². The van der Waals surface area contributed by atoms with E-state index in [9.17, 15) is 4.39 Å². The normalized spacial score (nSPS) is 12.7. The van der Waals surface area contributed by atoms with E-state index in [4.69, 9.17) is 10.6 Å². The van der Waals surface area contributed by atoms with Gasteiger partial charge in [-0.3, -0.25) is 5.84 Å². The van der Waals surface area contributed by atoms with Gasteiger partial charge in [0.05, 0.1) is 5.69 Å². The molecule has 0 spiro atoms. The Balaban J connectivity index is 2.85. The molecular formula is C14H17FN2O. The standard InChI is InChI=1S/C14H17FN2O/c1-4-11(15)9-12(5-2)18-13-6-7-14(17-16)10(3)8-13/h4-9,12,17H,1-2,16H2,3H3. The fraction of sp³-hybridized carbons (Fsp3) is 0.143. The summed E-state index contributed by atoms with van der Waals surface area (Å²) in [5.74, 6) is 5.50. The number of hydrogen-bond donors (Lipinski definition) is 2. The Labute approximate surface area is 106 Å². The molecule has 1 rings (SSSR count). The van der Waals surface area contributed by atoms with Crippen LogP contribution in [0, 0.1) is 6.92 Å². The van der Waals surface area contributed by atoms with Gasteiger partial charge in [-0.2, -0.15) is 0 Å². The Hall–Kier alpha value is -2.07. The van der Waals surface area contributed by atoms with Crippen molar-refractivity contribution in [2.75, 3.05) is 5.43 Å². The fourth-order valence-electron chi connectivity index (χ4n) is 1.40. The summed E-state index contributed by atoms with van der Waals surface area (Å²) in [6.07, 6.45) is 3.38. The number of nitrogen functional groups attached to an aromatic ring is 1. The number of halogens is 1. The molecule has 0 fully saturated rings. The lowest BCUT2D eigenvalue weighted by Gasteiger charge is -2.13. The molecule has 18 heavy (non-hydrogen) atoms. The molecule has 1 unspecified atom stereocenters. The van der Waals surface area contributed by atoms with Gasteiger partial charge in [0.2, 0.25) is 0 Å². The third kappa shape index (κ3) is 3.75. The molecule has 0 aliphatic carbocycles. The second-order valence-electron chi connectivity index (χ2n) is 3.69. The van der Waals surface area contributed by atoms with E-state index in [0.717, 1.165) is 17.3 Å². The number of anilines is 1. The van der Waals surface area contributed by atoms with Crippen LogP contribution in [0.2, 0.25) is 0 Å². The molecule has 0 saturated carbocycles. The molecule has 1 aromatic carbocycles. The van der Waals surface area contributed by atoms with Crippen LogP contribution in [0.5, 0.6) is 5.75 Å². The van der Waals surface area contributed by atoms with Gasteiger partial charge in [-0.15, -0.1) is 0 Å². The van der Waals surface area contributed by atoms with E-state index >= 15 is 0 Å². The summed E-state index contributed by atoms with van der Waals surface area (Å²) in [7, 11) is 0. The van der Waals surface area contributed by atoms with E-state index in [-0.39, 0.29) is 0 Å². The van der Waals surface area contributed by atoms with Crippen molar-refractivity contribution >= 4 is 5.69 Å². The molecule has 0 amide bonds. The fourth-order valence-corrected chi connectivity index (χ4v) is 1.40. The van der Waals surface area contributed by atoms with Gasteiger partial charge in [-0.1, -0.05) is 13.2 Å². The van der Waals surface area contributed by atoms with Crippen molar-refractivity contribution in [3.05, 3.63) is 61.0 Å². The highest BCUT2D eigenvalue weighted by molar-refractivity contribution is 5.52. The Morgan fingerprint density at radius 2 is 2.22 bits per heavy atom. The van der Waals surface area contributed by atoms with E-state index in [1.54, 1.807) is 12.1 Å². The number of hydrazine groups is 1. The number of nitrogens with one attached hydrogen (secondary N) is 1. The average molecular weight is 248 g/mol. The SMILES string of the molecule is C=CC(F)=CC(C=C)Oc1ccc(NN)c(C)c1. The van der Waals surface area contributed by atoms with Crippen molar-refractivity contribution in [3.8, 4) is 5.75 Å². The summed E-state index contributed by atoms with van der Waals surface area (Å²) in [5.41, 5.74) is 4.32. The molecule has 96 valence electrons. The predicted octanol–water partition coefficient (Wildman–Crippen LogP) is 3.25. The Bertz CT molecular complexity index is 469. The van der Waals surface area contributed by atoms with Gasteiger partial charge < -0.3 is 10.2 Å². The molecule has 0 aliphatic heterocycles. The number of ether oxygens (including phenoxy) is 1. The van der Waals surface area contributed by atoms with Crippen LogP contribution >= 0.6 is 0 Å². The van der Waals surface area contributed by atoms with Crippen molar-refractivity contribution < 1.29 is 9.13 Å². The first-order valence-electron chi connectivity index (χ1n) is 5.47. The lowest BCUT2D eigenvalue weighted by molar-refractivity contribution is 0.293. The molecule has 0 radical (unpaired) electrons. The van der Waals surface area contributed by atoms with Crippen LogP contribution in [-0.2, 0) is 0 Å². The van der Waals surface area contributed by atoms with Crippen molar-refractivity contribution in [2.24, 2.45) is 5.84 Å². The maximum Gasteiger partial charge on any atom is 0.138 e. The second-order valence-corrected chi connectivity index (χ2v) is 3.69. The first kappa shape index (κ1) is 14.0. The summed E-state index contributed by atoms with van der Waals surface area (Å²) in [6, 6.07) is 5.35. The van der Waals surface area contributed by atoms with Gasteiger partial charge in [0.25, 0.3) is 0 Å². The van der Waals surface area contributed by atoms with Crippen LogP contribution in [0.1, 0.15) is 5.56 Å². The van der Waals surface area contributed by atoms with Crippen LogP contribution in [0.15, 0.2) is 55.4 Å². The minimum absolute atomic E-state index is 0.447. The van der Waals surface area contributed by atoms with Crippen molar-refractivity contribution in [1.29, 1.82) is 0 Å². The molecule has 4 heteroatoms. The maximum absolute atomic E-state index is 13.1. The van der Waals surface area contributed by atoms with Gasteiger partial charge >= 0.3 is 0 Å². The van der Waals surface area contributed by atoms with Crippen molar-refractivity contribution in [1.82, 2.24) is 0 Å². The highest BCUT2D eigenvalue weighted by Crippen LogP contribution is 2.22. The molecule has 3 N–H and O–H groups in total. The summed E-state index contributed by atoms with van der Waals surface area (Å²) in [6.45, 7) is 8.83. The smallest absolute Gasteiger partial charge is 0.138 e. The maximum atomic E-state index is 13.1. The Morgan fingerprint density at radius 1 is 1.50 bits per heavy atom. The number of allylic oxidation sites excluding steroid dienone is 2. The van der Waals surface area contributed by atoms with Gasteiger partial charge in [0.1, 0.15) is 17.7 Å². The van der Waals surface area contributed by atoms with E-state index < -0.39 is 11.9 Å². The average Bonchev–Trinajstić information content (AvgIpc) is 2.38. The summed E-state index contributed by atoms with van der Waals surface area (Å²) in [4.78, 5) is 0. The van der Waals surface area contributed by atoms with E-state index in [2.05, 4.69) is 18.6 Å². The Morgan fingerprint density at radius 3 is 2.72 bits per heavy atom. The molecule has 0 aliphatic rings. The van der Waals surface area contributed by atoms with E-state index in [0.29, 0.717) is 5.75 Å².